The molecule has 0 saturated heterocycles. The molecule has 0 aromatic heterocycles. The molecule has 0 aromatic rings. The number of hydrogen-bond acceptors (Lipinski definition) is 7. The molecule has 0 aliphatic carbocycles. The molecule has 0 heterocycles. The minimum Gasteiger partial charge on any atom is -0.253 e. The van der Waals surface area contributed by atoms with Gasteiger partial charge in [0.1, 0.15) is 6.07 Å². The molecule has 0 N–H and O–H groups in total. The van der Waals surface area contributed by atoms with Gasteiger partial charge in [0, 0.05) is 0 Å². The van der Waals surface area contributed by atoms with Crippen LogP contribution in [-0.4, -0.2) is 20.6 Å². The molecule has 0 spiro atoms. The van der Waals surface area contributed by atoms with Crippen molar-refractivity contribution >= 4 is 0 Å². The first kappa shape index (κ1) is 12.4. The van der Waals surface area contributed by atoms with E-state index in [0.29, 0.717) is 6.08 Å². The first-order valence-corrected chi connectivity index (χ1v) is 3.19. The lowest BCUT2D eigenvalue weighted by molar-refractivity contribution is -0.960. The van der Waals surface area contributed by atoms with Crippen molar-refractivity contribution < 1.29 is 14.8 Å². The van der Waals surface area contributed by atoms with Crippen LogP contribution in [0.3, 0.4) is 0 Å². The molecule has 0 fully saturated rings. The monoisotopic (exact) mass is 215 g/mol. The minimum atomic E-state index is -3.88. The average Bonchev–Trinajstić information content (AvgIpc) is 2.11. The summed E-state index contributed by atoms with van der Waals surface area (Å²) in [4.78, 5) is 25.8. The second-order valence-electron chi connectivity index (χ2n) is 2.14. The Kier molecular flexibility index (Phi) is 3.39. The summed E-state index contributed by atoms with van der Waals surface area (Å²) in [6.45, 7) is 2.87. The van der Waals surface area contributed by atoms with Crippen LogP contribution in [0.25, 0.3) is 0 Å². The highest BCUT2D eigenvalue weighted by molar-refractivity contribution is 5.26. The maximum atomic E-state index is 10.4. The van der Waals surface area contributed by atoms with Gasteiger partial charge < -0.3 is 0 Å². The molecule has 0 aromatic carbocycles. The van der Waals surface area contributed by atoms with Gasteiger partial charge in [-0.1, -0.05) is 0 Å². The number of nitro groups is 3. The van der Waals surface area contributed by atoms with Gasteiger partial charge in [0.15, 0.2) is 14.8 Å². The van der Waals surface area contributed by atoms with Crippen molar-refractivity contribution in [3.63, 3.8) is 0 Å². The van der Waals surface area contributed by atoms with Crippen molar-refractivity contribution in [3.05, 3.63) is 48.9 Å². The van der Waals surface area contributed by atoms with E-state index in [1.807, 2.05) is 0 Å². The van der Waals surface area contributed by atoms with Gasteiger partial charge >= 0.3 is 11.7 Å². The Balaban J connectivity index is 5.86. The molecule has 0 aliphatic heterocycles. The van der Waals surface area contributed by atoms with Gasteiger partial charge in [0.25, 0.3) is 0 Å². The van der Waals surface area contributed by atoms with Gasteiger partial charge in [0.2, 0.25) is 0 Å². The molecule has 0 amide bonds. The third kappa shape index (κ3) is 1.57. The first-order chi connectivity index (χ1) is 6.85. The molecule has 0 saturated carbocycles. The quantitative estimate of drug-likeness (QED) is 0.348. The summed E-state index contributed by atoms with van der Waals surface area (Å²) in [7, 11) is 0. The van der Waals surface area contributed by atoms with E-state index >= 15 is 0 Å². The van der Waals surface area contributed by atoms with E-state index in [4.69, 9.17) is 5.26 Å². The largest absolute Gasteiger partial charge is 0.725 e. The maximum absolute atomic E-state index is 10.4. The Morgan fingerprint density at radius 1 is 1.20 bits per heavy atom. The topological polar surface area (TPSA) is 153 Å². The smallest absolute Gasteiger partial charge is 0.253 e. The van der Waals surface area contributed by atoms with Crippen molar-refractivity contribution in [2.24, 2.45) is 0 Å². The summed E-state index contributed by atoms with van der Waals surface area (Å²) in [5.74, 6) is -5.14. The van der Waals surface area contributed by atoms with Crippen LogP contribution < -0.4 is 0 Å². The number of rotatable bonds is 5. The molecule has 0 bridgehead atoms. The third-order valence-corrected chi connectivity index (χ3v) is 1.45. The molecule has 10 nitrogen and oxygen atoms in total. The first-order valence-electron chi connectivity index (χ1n) is 3.19. The van der Waals surface area contributed by atoms with Crippen molar-refractivity contribution in [2.45, 2.75) is 5.79 Å². The lowest BCUT2D eigenvalue weighted by atomic mass is 10.0. The van der Waals surface area contributed by atoms with Gasteiger partial charge in [-0.25, -0.2) is 0 Å². The molecule has 0 atom stereocenters. The molecule has 0 unspecified atom stereocenters. The molecule has 15 heavy (non-hydrogen) atoms. The van der Waals surface area contributed by atoms with Crippen LogP contribution >= 0.6 is 0 Å². The predicted octanol–water partition coefficient (Wildman–Crippen LogP) is -0.246. The van der Waals surface area contributed by atoms with Gasteiger partial charge in [-0.15, -0.1) is 6.58 Å². The fourth-order valence-corrected chi connectivity index (χ4v) is 0.753. The summed E-state index contributed by atoms with van der Waals surface area (Å²) < 4.78 is 0. The molecule has 79 valence electrons. The lowest BCUT2D eigenvalue weighted by Gasteiger charge is -2.08. The normalized spacial score (nSPS) is 10.4. The molecule has 1 radical (unpaired) electrons. The van der Waals surface area contributed by atoms with Gasteiger partial charge in [-0.2, -0.15) is 5.26 Å². The highest BCUT2D eigenvalue weighted by Crippen LogP contribution is 2.25. The van der Waals surface area contributed by atoms with Crippen LogP contribution in [0, 0.1) is 47.6 Å². The van der Waals surface area contributed by atoms with Crippen LogP contribution in [0.4, 0.5) is 0 Å². The zero-order valence-corrected chi connectivity index (χ0v) is 7.02. The van der Waals surface area contributed by atoms with E-state index in [1.54, 1.807) is 0 Å². The SMILES string of the molecule is C=C[C](C#N)C([N+](=O)[O-])([N+](=O)[O-])[N+](=O)[O-]. The van der Waals surface area contributed by atoms with Crippen LogP contribution in [0.2, 0.25) is 0 Å². The summed E-state index contributed by atoms with van der Waals surface area (Å²) >= 11 is 0. The van der Waals surface area contributed by atoms with E-state index in [1.165, 1.54) is 0 Å². The van der Waals surface area contributed by atoms with Crippen molar-refractivity contribution in [3.8, 4) is 6.07 Å². The van der Waals surface area contributed by atoms with Crippen LogP contribution in [0.15, 0.2) is 12.7 Å². The second-order valence-corrected chi connectivity index (χ2v) is 2.14. The Bertz CT molecular complexity index is 334. The van der Waals surface area contributed by atoms with Gasteiger partial charge in [-0.3, -0.25) is 30.3 Å². The van der Waals surface area contributed by atoms with Gasteiger partial charge in [-0.05, 0) is 6.08 Å². The Hall–Kier alpha value is -2.57. The average molecular weight is 215 g/mol. The number of hydrogen-bond donors (Lipinski definition) is 0. The van der Waals surface area contributed by atoms with Crippen LogP contribution in [0.5, 0.6) is 0 Å². The molecule has 0 aliphatic rings. The van der Waals surface area contributed by atoms with Gasteiger partial charge in [0.05, 0.1) is 0 Å². The zero-order valence-electron chi connectivity index (χ0n) is 7.02. The van der Waals surface area contributed by atoms with Crippen LogP contribution in [0.1, 0.15) is 0 Å². The van der Waals surface area contributed by atoms with E-state index in [0.717, 1.165) is 6.07 Å². The standard InChI is InChI=1S/C5H3N4O6/c1-2-4(3-6)5(7(10)11,8(12)13)9(14)15/h2H,1H2. The minimum absolute atomic E-state index is 0.411. The van der Waals surface area contributed by atoms with E-state index in [9.17, 15) is 30.3 Å². The third-order valence-electron chi connectivity index (χ3n) is 1.45. The molecular formula is C5H3N4O6. The zero-order chi connectivity index (χ0) is 12.2. The second kappa shape index (κ2) is 4.09. The molecular weight excluding hydrogens is 212 g/mol. The highest BCUT2D eigenvalue weighted by atomic mass is 16.7. The highest BCUT2D eigenvalue weighted by Gasteiger charge is 2.77. The summed E-state index contributed by atoms with van der Waals surface area (Å²) in [6.07, 6.45) is 0.411. The Morgan fingerprint density at radius 2 is 1.53 bits per heavy atom. The summed E-state index contributed by atoms with van der Waals surface area (Å²) in [5, 5.41) is 39.4. The van der Waals surface area contributed by atoms with Crippen molar-refractivity contribution in [1.82, 2.24) is 0 Å². The Morgan fingerprint density at radius 3 is 1.60 bits per heavy atom. The maximum Gasteiger partial charge on any atom is 0.725 e. The lowest BCUT2D eigenvalue weighted by Crippen LogP contribution is -2.56. The van der Waals surface area contributed by atoms with E-state index < -0.39 is 26.5 Å². The van der Waals surface area contributed by atoms with E-state index in [-0.39, 0.29) is 0 Å². The molecule has 10 heteroatoms. The summed E-state index contributed by atoms with van der Waals surface area (Å²) in [5.41, 5.74) is 0. The summed E-state index contributed by atoms with van der Waals surface area (Å²) in [6, 6.07) is 1.01. The van der Waals surface area contributed by atoms with Crippen LogP contribution in [-0.2, 0) is 0 Å². The number of nitriles is 1. The van der Waals surface area contributed by atoms with Crippen molar-refractivity contribution in [2.75, 3.05) is 0 Å². The fourth-order valence-electron chi connectivity index (χ4n) is 0.753. The predicted molar refractivity (Wildman–Crippen MR) is 42.8 cm³/mol. The number of nitrogens with zero attached hydrogens (tertiary/aromatic N) is 4. The van der Waals surface area contributed by atoms with E-state index in [2.05, 4.69) is 6.58 Å². The van der Waals surface area contributed by atoms with Crippen molar-refractivity contribution in [1.29, 1.82) is 5.26 Å². The molecule has 0 rings (SSSR count). The Labute approximate surface area is 81.9 Å². The fraction of sp³-hybridized carbons (Fsp3) is 0.200.